The van der Waals surface area contributed by atoms with Crippen molar-refractivity contribution in [1.29, 1.82) is 0 Å². The fourth-order valence-corrected chi connectivity index (χ4v) is 1.64. The number of aliphatic hydroxyl groups excluding tert-OH is 1. The predicted octanol–water partition coefficient (Wildman–Crippen LogP) is 4.06. The Hall–Kier alpha value is -1.45. The highest BCUT2D eigenvalue weighted by atomic mass is 35.5. The number of halogens is 2. The Labute approximate surface area is 111 Å². The topological polar surface area (TPSA) is 33.1 Å². The predicted molar refractivity (Wildman–Crippen MR) is 71.9 cm³/mol. The highest BCUT2D eigenvalue weighted by Crippen LogP contribution is 2.21. The molecule has 0 amide bonds. The second-order valence-corrected chi connectivity index (χ2v) is 3.74. The van der Waals surface area contributed by atoms with Crippen LogP contribution in [0.5, 0.6) is 0 Å². The van der Waals surface area contributed by atoms with Crippen molar-refractivity contribution in [3.63, 3.8) is 0 Å². The molecule has 1 N–H and O–H groups in total. The first-order valence-electron chi connectivity index (χ1n) is 5.72. The third-order valence-corrected chi connectivity index (χ3v) is 2.37. The second-order valence-electron chi connectivity index (χ2n) is 3.35. The summed E-state index contributed by atoms with van der Waals surface area (Å²) in [5, 5.41) is 9.34. The van der Waals surface area contributed by atoms with Gasteiger partial charge in [-0.15, -0.1) is 0 Å². The Bertz CT molecular complexity index is 500. The number of nitrogens with zero attached hydrogens (tertiary/aromatic N) is 1. The average Bonchev–Trinajstić information content (AvgIpc) is 2.41. The van der Waals surface area contributed by atoms with E-state index in [1.54, 1.807) is 24.3 Å². The molecule has 1 aromatic heterocycles. The SMILES string of the molecule is CC.OCc1cc(Cl)nc(-c2ccc(F)cc2)c1. The molecule has 0 spiro atoms. The first-order valence-corrected chi connectivity index (χ1v) is 6.10. The Morgan fingerprint density at radius 1 is 1.17 bits per heavy atom. The fraction of sp³-hybridized carbons (Fsp3) is 0.214. The summed E-state index contributed by atoms with van der Waals surface area (Å²) >= 11 is 5.81. The number of rotatable bonds is 2. The van der Waals surface area contributed by atoms with Gasteiger partial charge in [0.2, 0.25) is 0 Å². The van der Waals surface area contributed by atoms with Crippen LogP contribution < -0.4 is 0 Å². The molecule has 1 aromatic carbocycles. The molecule has 0 aliphatic heterocycles. The Morgan fingerprint density at radius 2 is 1.78 bits per heavy atom. The van der Waals surface area contributed by atoms with Crippen LogP contribution in [0.3, 0.4) is 0 Å². The Kier molecular flexibility index (Phi) is 5.75. The van der Waals surface area contributed by atoms with Crippen molar-refractivity contribution in [1.82, 2.24) is 4.98 Å². The maximum absolute atomic E-state index is 12.7. The van der Waals surface area contributed by atoms with Crippen molar-refractivity contribution in [2.24, 2.45) is 0 Å². The lowest BCUT2D eigenvalue weighted by molar-refractivity contribution is 0.282. The highest BCUT2D eigenvalue weighted by Gasteiger charge is 2.03. The van der Waals surface area contributed by atoms with Gasteiger partial charge in [-0.2, -0.15) is 0 Å². The second kappa shape index (κ2) is 7.09. The van der Waals surface area contributed by atoms with Gasteiger partial charge in [0.1, 0.15) is 11.0 Å². The van der Waals surface area contributed by atoms with Crippen LogP contribution >= 0.6 is 11.6 Å². The molecule has 0 bridgehead atoms. The minimum absolute atomic E-state index is 0.101. The third-order valence-electron chi connectivity index (χ3n) is 2.18. The summed E-state index contributed by atoms with van der Waals surface area (Å²) in [7, 11) is 0. The summed E-state index contributed by atoms with van der Waals surface area (Å²) in [5.41, 5.74) is 2.06. The zero-order valence-corrected chi connectivity index (χ0v) is 11.1. The number of hydrogen-bond donors (Lipinski definition) is 1. The summed E-state index contributed by atoms with van der Waals surface area (Å²) in [4.78, 5) is 4.11. The van der Waals surface area contributed by atoms with E-state index >= 15 is 0 Å². The molecule has 0 aliphatic rings. The highest BCUT2D eigenvalue weighted by molar-refractivity contribution is 6.29. The summed E-state index contributed by atoms with van der Waals surface area (Å²) in [6, 6.07) is 9.27. The van der Waals surface area contributed by atoms with E-state index in [-0.39, 0.29) is 12.4 Å². The minimum Gasteiger partial charge on any atom is -0.392 e. The molecule has 0 radical (unpaired) electrons. The molecule has 0 unspecified atom stereocenters. The first-order chi connectivity index (χ1) is 8.69. The lowest BCUT2D eigenvalue weighted by Gasteiger charge is -2.04. The van der Waals surface area contributed by atoms with Gasteiger partial charge in [-0.05, 0) is 42.0 Å². The van der Waals surface area contributed by atoms with Crippen molar-refractivity contribution in [2.75, 3.05) is 0 Å². The molecule has 2 aromatic rings. The van der Waals surface area contributed by atoms with Crippen molar-refractivity contribution in [3.05, 3.63) is 52.9 Å². The van der Waals surface area contributed by atoms with Gasteiger partial charge in [0.25, 0.3) is 0 Å². The number of hydrogen-bond acceptors (Lipinski definition) is 2. The van der Waals surface area contributed by atoms with E-state index in [2.05, 4.69) is 4.98 Å². The normalized spacial score (nSPS) is 9.61. The van der Waals surface area contributed by atoms with Crippen molar-refractivity contribution in [2.45, 2.75) is 20.5 Å². The molecular weight excluding hydrogens is 253 g/mol. The Balaban J connectivity index is 0.000000771. The quantitative estimate of drug-likeness (QED) is 0.833. The van der Waals surface area contributed by atoms with Crippen molar-refractivity contribution >= 4 is 11.6 Å². The standard InChI is InChI=1S/C12H9ClFNO.C2H6/c13-12-6-8(7-16)5-11(15-12)9-1-3-10(14)4-2-9;1-2/h1-6,16H,7H2;1-2H3. The molecule has 0 saturated heterocycles. The number of pyridine rings is 1. The van der Waals surface area contributed by atoms with E-state index in [1.165, 1.54) is 12.1 Å². The fourth-order valence-electron chi connectivity index (χ4n) is 1.41. The number of aliphatic hydroxyl groups is 1. The van der Waals surface area contributed by atoms with Crippen LogP contribution in [-0.4, -0.2) is 10.1 Å². The number of benzene rings is 1. The van der Waals surface area contributed by atoms with Crippen LogP contribution in [0.25, 0.3) is 11.3 Å². The smallest absolute Gasteiger partial charge is 0.130 e. The average molecular weight is 268 g/mol. The van der Waals surface area contributed by atoms with E-state index in [0.717, 1.165) is 5.56 Å². The number of aromatic nitrogens is 1. The molecule has 0 saturated carbocycles. The van der Waals surface area contributed by atoms with Gasteiger partial charge in [-0.25, -0.2) is 9.37 Å². The van der Waals surface area contributed by atoms with Crippen molar-refractivity contribution in [3.8, 4) is 11.3 Å². The zero-order chi connectivity index (χ0) is 13.5. The molecule has 0 fully saturated rings. The van der Waals surface area contributed by atoms with Gasteiger partial charge in [-0.1, -0.05) is 25.4 Å². The Morgan fingerprint density at radius 3 is 2.33 bits per heavy atom. The maximum atomic E-state index is 12.7. The van der Waals surface area contributed by atoms with Crippen LogP contribution in [0, 0.1) is 5.82 Å². The summed E-state index contributed by atoms with van der Waals surface area (Å²) in [5.74, 6) is -0.298. The van der Waals surface area contributed by atoms with E-state index in [0.29, 0.717) is 16.4 Å². The minimum atomic E-state index is -0.298. The molecule has 96 valence electrons. The first kappa shape index (κ1) is 14.6. The van der Waals surface area contributed by atoms with Gasteiger partial charge in [-0.3, -0.25) is 0 Å². The van der Waals surface area contributed by atoms with E-state index in [1.807, 2.05) is 13.8 Å². The van der Waals surface area contributed by atoms with Gasteiger partial charge in [0.15, 0.2) is 0 Å². The monoisotopic (exact) mass is 267 g/mol. The van der Waals surface area contributed by atoms with Gasteiger partial charge in [0, 0.05) is 5.56 Å². The summed E-state index contributed by atoms with van der Waals surface area (Å²) in [6.07, 6.45) is 0. The molecule has 18 heavy (non-hydrogen) atoms. The van der Waals surface area contributed by atoms with Crippen LogP contribution in [0.4, 0.5) is 4.39 Å². The molecule has 2 nitrogen and oxygen atoms in total. The third kappa shape index (κ3) is 3.79. The van der Waals surface area contributed by atoms with Crippen LogP contribution in [0.15, 0.2) is 36.4 Å². The molecule has 2 rings (SSSR count). The van der Waals surface area contributed by atoms with Gasteiger partial charge in [0.05, 0.1) is 12.3 Å². The van der Waals surface area contributed by atoms with E-state index in [4.69, 9.17) is 16.7 Å². The molecule has 0 aliphatic carbocycles. The van der Waals surface area contributed by atoms with Crippen molar-refractivity contribution < 1.29 is 9.50 Å². The van der Waals surface area contributed by atoms with Crippen LogP contribution in [0.2, 0.25) is 5.15 Å². The van der Waals surface area contributed by atoms with Crippen LogP contribution in [-0.2, 0) is 6.61 Å². The lowest BCUT2D eigenvalue weighted by Crippen LogP contribution is -1.90. The zero-order valence-electron chi connectivity index (χ0n) is 10.3. The van der Waals surface area contributed by atoms with E-state index < -0.39 is 0 Å². The van der Waals surface area contributed by atoms with Gasteiger partial charge < -0.3 is 5.11 Å². The molecular formula is C14H15ClFNO. The molecule has 1 heterocycles. The maximum Gasteiger partial charge on any atom is 0.130 e. The summed E-state index contributed by atoms with van der Waals surface area (Å²) in [6.45, 7) is 3.90. The van der Waals surface area contributed by atoms with Crippen LogP contribution in [0.1, 0.15) is 19.4 Å². The van der Waals surface area contributed by atoms with E-state index in [9.17, 15) is 4.39 Å². The van der Waals surface area contributed by atoms with Gasteiger partial charge >= 0.3 is 0 Å². The molecule has 0 atom stereocenters. The largest absolute Gasteiger partial charge is 0.392 e. The molecule has 4 heteroatoms. The summed E-state index contributed by atoms with van der Waals surface area (Å²) < 4.78 is 12.7. The lowest BCUT2D eigenvalue weighted by atomic mass is 10.1.